The van der Waals surface area contributed by atoms with Crippen LogP contribution in [0, 0.1) is 0 Å². The molecular formula is C11H18O3. The summed E-state index contributed by atoms with van der Waals surface area (Å²) in [6.07, 6.45) is 8.03. The minimum absolute atomic E-state index is 0.349. The highest BCUT2D eigenvalue weighted by Crippen LogP contribution is 2.20. The topological polar surface area (TPSA) is 46.5 Å². The standard InChI is InChI=1S/C11H18O3/c1-9(11(12)13)7-8-14-10-5-3-2-4-6-10/h7,10H,2-6,8H2,1H3,(H,12,13). The lowest BCUT2D eigenvalue weighted by Crippen LogP contribution is -2.16. The van der Waals surface area contributed by atoms with Crippen LogP contribution >= 0.6 is 0 Å². The number of ether oxygens (including phenoxy) is 1. The molecule has 1 aliphatic carbocycles. The summed E-state index contributed by atoms with van der Waals surface area (Å²) in [5.41, 5.74) is 0.362. The molecule has 0 radical (unpaired) electrons. The third kappa shape index (κ3) is 3.92. The third-order valence-corrected chi connectivity index (χ3v) is 2.61. The van der Waals surface area contributed by atoms with E-state index in [1.165, 1.54) is 19.3 Å². The molecule has 0 heterocycles. The molecule has 3 heteroatoms. The molecule has 1 aliphatic rings. The molecule has 0 aromatic rings. The highest BCUT2D eigenvalue weighted by atomic mass is 16.5. The molecule has 1 N–H and O–H groups in total. The third-order valence-electron chi connectivity index (χ3n) is 2.61. The summed E-state index contributed by atoms with van der Waals surface area (Å²) in [5, 5.41) is 8.60. The molecule has 0 bridgehead atoms. The number of carboxylic acid groups (broad SMARTS) is 1. The quantitative estimate of drug-likeness (QED) is 0.705. The lowest BCUT2D eigenvalue weighted by atomic mass is 9.98. The molecule has 1 saturated carbocycles. The van der Waals surface area contributed by atoms with E-state index in [1.807, 2.05) is 0 Å². The number of hydrogen-bond donors (Lipinski definition) is 1. The fourth-order valence-corrected chi connectivity index (χ4v) is 1.63. The van der Waals surface area contributed by atoms with E-state index in [9.17, 15) is 4.79 Å². The molecule has 3 nitrogen and oxygen atoms in total. The highest BCUT2D eigenvalue weighted by molar-refractivity contribution is 5.85. The van der Waals surface area contributed by atoms with Crippen molar-refractivity contribution >= 4 is 5.97 Å². The van der Waals surface area contributed by atoms with Gasteiger partial charge in [0.15, 0.2) is 0 Å². The van der Waals surface area contributed by atoms with Crippen molar-refractivity contribution in [2.24, 2.45) is 0 Å². The number of aliphatic carboxylic acids is 1. The van der Waals surface area contributed by atoms with Crippen LogP contribution in [0.2, 0.25) is 0 Å². The Balaban J connectivity index is 2.19. The van der Waals surface area contributed by atoms with Gasteiger partial charge in [-0.1, -0.05) is 19.3 Å². The van der Waals surface area contributed by atoms with Gasteiger partial charge in [0.2, 0.25) is 0 Å². The van der Waals surface area contributed by atoms with Crippen molar-refractivity contribution in [3.8, 4) is 0 Å². The predicted octanol–water partition coefficient (Wildman–Crippen LogP) is 2.37. The molecule has 1 fully saturated rings. The summed E-state index contributed by atoms with van der Waals surface area (Å²) < 4.78 is 5.56. The Morgan fingerprint density at radius 1 is 1.43 bits per heavy atom. The first kappa shape index (κ1) is 11.2. The van der Waals surface area contributed by atoms with Crippen molar-refractivity contribution < 1.29 is 14.6 Å². The van der Waals surface area contributed by atoms with Crippen molar-refractivity contribution in [1.29, 1.82) is 0 Å². The Labute approximate surface area is 84.8 Å². The summed E-state index contributed by atoms with van der Waals surface area (Å²) >= 11 is 0. The van der Waals surface area contributed by atoms with Gasteiger partial charge >= 0.3 is 5.97 Å². The Kier molecular flexibility index (Phi) is 4.66. The Morgan fingerprint density at radius 2 is 2.07 bits per heavy atom. The number of carboxylic acids is 1. The molecular weight excluding hydrogens is 180 g/mol. The highest BCUT2D eigenvalue weighted by Gasteiger charge is 2.12. The van der Waals surface area contributed by atoms with E-state index in [1.54, 1.807) is 13.0 Å². The average molecular weight is 198 g/mol. The van der Waals surface area contributed by atoms with E-state index < -0.39 is 5.97 Å². The van der Waals surface area contributed by atoms with Crippen LogP contribution < -0.4 is 0 Å². The van der Waals surface area contributed by atoms with E-state index in [0.29, 0.717) is 18.3 Å². The van der Waals surface area contributed by atoms with E-state index in [-0.39, 0.29) is 0 Å². The maximum Gasteiger partial charge on any atom is 0.331 e. The van der Waals surface area contributed by atoms with Gasteiger partial charge in [0.25, 0.3) is 0 Å². The SMILES string of the molecule is CC(=CCOC1CCCCC1)C(=O)O. The molecule has 0 aromatic carbocycles. The van der Waals surface area contributed by atoms with Gasteiger partial charge in [-0.15, -0.1) is 0 Å². The monoisotopic (exact) mass is 198 g/mol. The van der Waals surface area contributed by atoms with Gasteiger partial charge in [0.05, 0.1) is 12.7 Å². The van der Waals surface area contributed by atoms with Gasteiger partial charge in [-0.2, -0.15) is 0 Å². The normalized spacial score (nSPS) is 19.6. The van der Waals surface area contributed by atoms with Gasteiger partial charge in [-0.25, -0.2) is 4.79 Å². The second kappa shape index (κ2) is 5.81. The summed E-state index contributed by atoms with van der Waals surface area (Å²) in [7, 11) is 0. The van der Waals surface area contributed by atoms with Gasteiger partial charge in [0.1, 0.15) is 0 Å². The van der Waals surface area contributed by atoms with Crippen molar-refractivity contribution in [3.63, 3.8) is 0 Å². The van der Waals surface area contributed by atoms with Crippen LogP contribution in [0.4, 0.5) is 0 Å². The number of rotatable bonds is 4. The maximum atomic E-state index is 10.5. The van der Waals surface area contributed by atoms with E-state index in [0.717, 1.165) is 12.8 Å². The van der Waals surface area contributed by atoms with Crippen molar-refractivity contribution in [2.45, 2.75) is 45.1 Å². The van der Waals surface area contributed by atoms with Crippen LogP contribution in [-0.2, 0) is 9.53 Å². The summed E-state index contributed by atoms with van der Waals surface area (Å²) in [6.45, 7) is 2.02. The molecule has 0 aromatic heterocycles. The minimum Gasteiger partial charge on any atom is -0.478 e. The van der Waals surface area contributed by atoms with Crippen LogP contribution in [0.5, 0.6) is 0 Å². The van der Waals surface area contributed by atoms with Crippen molar-refractivity contribution in [3.05, 3.63) is 11.6 Å². The van der Waals surface area contributed by atoms with Gasteiger partial charge in [-0.05, 0) is 25.8 Å². The fourth-order valence-electron chi connectivity index (χ4n) is 1.63. The average Bonchev–Trinajstić information content (AvgIpc) is 2.19. The van der Waals surface area contributed by atoms with E-state index in [4.69, 9.17) is 9.84 Å². The number of hydrogen-bond acceptors (Lipinski definition) is 2. The first-order valence-corrected chi connectivity index (χ1v) is 5.22. The lowest BCUT2D eigenvalue weighted by molar-refractivity contribution is -0.132. The molecule has 0 spiro atoms. The van der Waals surface area contributed by atoms with E-state index >= 15 is 0 Å². The van der Waals surface area contributed by atoms with Crippen molar-refractivity contribution in [2.75, 3.05) is 6.61 Å². The molecule has 1 rings (SSSR count). The fraction of sp³-hybridized carbons (Fsp3) is 0.727. The second-order valence-electron chi connectivity index (χ2n) is 3.79. The van der Waals surface area contributed by atoms with Crippen LogP contribution in [0.25, 0.3) is 0 Å². The first-order valence-electron chi connectivity index (χ1n) is 5.22. The summed E-state index contributed by atoms with van der Waals surface area (Å²) in [5.74, 6) is -0.864. The molecule has 0 amide bonds. The second-order valence-corrected chi connectivity index (χ2v) is 3.79. The number of carbonyl (C=O) groups is 1. The van der Waals surface area contributed by atoms with Crippen LogP contribution in [0.3, 0.4) is 0 Å². The Hall–Kier alpha value is -0.830. The lowest BCUT2D eigenvalue weighted by Gasteiger charge is -2.21. The zero-order valence-corrected chi connectivity index (χ0v) is 8.66. The zero-order valence-electron chi connectivity index (χ0n) is 8.66. The van der Waals surface area contributed by atoms with Crippen LogP contribution in [-0.4, -0.2) is 23.8 Å². The largest absolute Gasteiger partial charge is 0.478 e. The maximum absolute atomic E-state index is 10.5. The van der Waals surface area contributed by atoms with Gasteiger partial charge in [0, 0.05) is 5.57 Å². The predicted molar refractivity (Wildman–Crippen MR) is 54.2 cm³/mol. The van der Waals surface area contributed by atoms with Crippen molar-refractivity contribution in [1.82, 2.24) is 0 Å². The summed E-state index contributed by atoms with van der Waals surface area (Å²) in [6, 6.07) is 0. The molecule has 0 saturated heterocycles. The van der Waals surface area contributed by atoms with Crippen LogP contribution in [0.15, 0.2) is 11.6 Å². The van der Waals surface area contributed by atoms with Crippen LogP contribution in [0.1, 0.15) is 39.0 Å². The minimum atomic E-state index is -0.864. The van der Waals surface area contributed by atoms with Gasteiger partial charge in [-0.3, -0.25) is 0 Å². The Bertz CT molecular complexity index is 215. The molecule has 80 valence electrons. The molecule has 0 aliphatic heterocycles. The van der Waals surface area contributed by atoms with E-state index in [2.05, 4.69) is 0 Å². The summed E-state index contributed by atoms with van der Waals surface area (Å²) in [4.78, 5) is 10.5. The first-order chi connectivity index (χ1) is 6.70. The smallest absolute Gasteiger partial charge is 0.331 e. The molecule has 0 atom stereocenters. The molecule has 0 unspecified atom stereocenters. The zero-order chi connectivity index (χ0) is 10.4. The Morgan fingerprint density at radius 3 is 2.64 bits per heavy atom. The molecule has 14 heavy (non-hydrogen) atoms. The van der Waals surface area contributed by atoms with Gasteiger partial charge < -0.3 is 9.84 Å².